The first-order valence-corrected chi connectivity index (χ1v) is 7.40. The van der Waals surface area contributed by atoms with Gasteiger partial charge in [-0.3, -0.25) is 10.1 Å². The second-order valence-corrected chi connectivity index (χ2v) is 5.70. The zero-order valence-electron chi connectivity index (χ0n) is 12.5. The quantitative estimate of drug-likeness (QED) is 0.684. The van der Waals surface area contributed by atoms with Crippen LogP contribution < -0.4 is 10.6 Å². The van der Waals surface area contributed by atoms with E-state index in [1.807, 2.05) is 11.8 Å². The lowest BCUT2D eigenvalue weighted by Crippen LogP contribution is -2.41. The number of benzene rings is 1. The van der Waals surface area contributed by atoms with Crippen molar-refractivity contribution in [2.45, 2.75) is 51.6 Å². The van der Waals surface area contributed by atoms with E-state index in [9.17, 15) is 14.5 Å². The van der Waals surface area contributed by atoms with Crippen molar-refractivity contribution < 1.29 is 9.31 Å². The van der Waals surface area contributed by atoms with E-state index in [1.54, 1.807) is 13.0 Å². The van der Waals surface area contributed by atoms with Gasteiger partial charge in [0.2, 0.25) is 0 Å². The van der Waals surface area contributed by atoms with Crippen LogP contribution in [0.2, 0.25) is 0 Å². The van der Waals surface area contributed by atoms with Crippen LogP contribution in [0.5, 0.6) is 0 Å². The summed E-state index contributed by atoms with van der Waals surface area (Å²) in [5.41, 5.74) is 6.71. The van der Waals surface area contributed by atoms with E-state index >= 15 is 0 Å². The van der Waals surface area contributed by atoms with Gasteiger partial charge in [0.25, 0.3) is 5.69 Å². The molecule has 0 aromatic heterocycles. The third-order valence-electron chi connectivity index (χ3n) is 4.28. The molecular formula is C15H22FN3O2. The topological polar surface area (TPSA) is 72.4 Å². The number of hydrogen-bond donors (Lipinski definition) is 1. The Labute approximate surface area is 124 Å². The molecule has 0 spiro atoms. The summed E-state index contributed by atoms with van der Waals surface area (Å²) in [5, 5.41) is 11.2. The highest BCUT2D eigenvalue weighted by Crippen LogP contribution is 2.35. The number of nitrogens with two attached hydrogens (primary N) is 1. The van der Waals surface area contributed by atoms with Gasteiger partial charge in [0, 0.05) is 18.6 Å². The van der Waals surface area contributed by atoms with Gasteiger partial charge in [-0.1, -0.05) is 0 Å². The predicted octanol–water partition coefficient (Wildman–Crippen LogP) is 3.14. The van der Waals surface area contributed by atoms with Crippen LogP contribution in [0.4, 0.5) is 15.8 Å². The molecule has 1 fully saturated rings. The van der Waals surface area contributed by atoms with Crippen molar-refractivity contribution in [2.24, 2.45) is 5.73 Å². The van der Waals surface area contributed by atoms with Crippen LogP contribution in [-0.2, 0) is 0 Å². The van der Waals surface area contributed by atoms with Crippen molar-refractivity contribution in [1.29, 1.82) is 0 Å². The Morgan fingerprint density at radius 2 is 2.00 bits per heavy atom. The Balaban J connectivity index is 2.37. The zero-order chi connectivity index (χ0) is 15.6. The average molecular weight is 295 g/mol. The van der Waals surface area contributed by atoms with Crippen molar-refractivity contribution in [1.82, 2.24) is 0 Å². The summed E-state index contributed by atoms with van der Waals surface area (Å²) in [6.45, 7) is 4.26. The first-order chi connectivity index (χ1) is 9.93. The van der Waals surface area contributed by atoms with Gasteiger partial charge >= 0.3 is 0 Å². The van der Waals surface area contributed by atoms with Gasteiger partial charge < -0.3 is 10.6 Å². The maximum Gasteiger partial charge on any atom is 0.295 e. The van der Waals surface area contributed by atoms with Crippen molar-refractivity contribution in [3.05, 3.63) is 33.6 Å². The lowest BCUT2D eigenvalue weighted by atomic mass is 9.90. The highest BCUT2D eigenvalue weighted by Gasteiger charge is 2.28. The van der Waals surface area contributed by atoms with E-state index in [0.717, 1.165) is 31.7 Å². The van der Waals surface area contributed by atoms with E-state index in [-0.39, 0.29) is 17.8 Å². The molecule has 1 aromatic carbocycles. The minimum atomic E-state index is -0.535. The Morgan fingerprint density at radius 3 is 2.52 bits per heavy atom. The second kappa shape index (κ2) is 6.39. The second-order valence-electron chi connectivity index (χ2n) is 5.70. The number of hydrogen-bond acceptors (Lipinski definition) is 4. The molecule has 5 nitrogen and oxygen atoms in total. The summed E-state index contributed by atoms with van der Waals surface area (Å²) >= 11 is 0. The number of aryl methyl sites for hydroxylation is 1. The monoisotopic (exact) mass is 295 g/mol. The molecule has 1 saturated carbocycles. The molecule has 21 heavy (non-hydrogen) atoms. The van der Waals surface area contributed by atoms with Gasteiger partial charge in [0.05, 0.1) is 11.0 Å². The molecule has 2 N–H and O–H groups in total. The van der Waals surface area contributed by atoms with E-state index in [0.29, 0.717) is 17.8 Å². The molecule has 1 aromatic rings. The Morgan fingerprint density at radius 1 is 1.38 bits per heavy atom. The zero-order valence-corrected chi connectivity index (χ0v) is 12.5. The minimum Gasteiger partial charge on any atom is -0.363 e. The van der Waals surface area contributed by atoms with Crippen LogP contribution in [-0.4, -0.2) is 23.6 Å². The Kier molecular flexibility index (Phi) is 4.77. The number of nitrogens with zero attached hydrogens (tertiary/aromatic N) is 2. The molecule has 0 saturated heterocycles. The molecule has 0 unspecified atom stereocenters. The lowest BCUT2D eigenvalue weighted by Gasteiger charge is -2.36. The number of halogens is 1. The summed E-state index contributed by atoms with van der Waals surface area (Å²) in [6, 6.07) is 3.08. The Hall–Kier alpha value is -1.69. The van der Waals surface area contributed by atoms with Crippen LogP contribution in [0.3, 0.4) is 0 Å². The predicted molar refractivity (Wildman–Crippen MR) is 81.0 cm³/mol. The Bertz CT molecular complexity index is 528. The van der Waals surface area contributed by atoms with Gasteiger partial charge in [0.15, 0.2) is 0 Å². The molecule has 0 bridgehead atoms. The summed E-state index contributed by atoms with van der Waals surface area (Å²) < 4.78 is 13.6. The SMILES string of the molecule is CCN(c1cc(C)c(F)cc1[N+](=O)[O-])C1CCC(N)CC1. The van der Waals surface area contributed by atoms with Gasteiger partial charge in [-0.2, -0.15) is 0 Å². The normalized spacial score (nSPS) is 22.1. The molecule has 0 radical (unpaired) electrons. The van der Waals surface area contributed by atoms with E-state index in [1.165, 1.54) is 0 Å². The lowest BCUT2D eigenvalue weighted by molar-refractivity contribution is -0.384. The molecule has 2 rings (SSSR count). The van der Waals surface area contributed by atoms with E-state index < -0.39 is 10.7 Å². The summed E-state index contributed by atoms with van der Waals surface area (Å²) in [5.74, 6) is -0.535. The van der Waals surface area contributed by atoms with Gasteiger partial charge in [0.1, 0.15) is 11.5 Å². The minimum absolute atomic E-state index is 0.158. The average Bonchev–Trinajstić information content (AvgIpc) is 2.45. The van der Waals surface area contributed by atoms with Crippen LogP contribution in [0.15, 0.2) is 12.1 Å². The fourth-order valence-corrected chi connectivity index (χ4v) is 3.07. The highest BCUT2D eigenvalue weighted by molar-refractivity contribution is 5.65. The first kappa shape index (κ1) is 15.7. The molecule has 0 amide bonds. The molecular weight excluding hydrogens is 273 g/mol. The third-order valence-corrected chi connectivity index (χ3v) is 4.28. The number of nitro benzene ring substituents is 1. The number of nitro groups is 1. The van der Waals surface area contributed by atoms with Gasteiger partial charge in [-0.25, -0.2) is 4.39 Å². The smallest absolute Gasteiger partial charge is 0.295 e. The van der Waals surface area contributed by atoms with Crippen LogP contribution >= 0.6 is 0 Å². The fourth-order valence-electron chi connectivity index (χ4n) is 3.07. The van der Waals surface area contributed by atoms with Crippen molar-refractivity contribution in [3.63, 3.8) is 0 Å². The molecule has 1 aliphatic carbocycles. The molecule has 116 valence electrons. The molecule has 6 heteroatoms. The standard InChI is InChI=1S/C15H22FN3O2/c1-3-18(12-6-4-11(17)5-7-12)14-8-10(2)13(16)9-15(14)19(20)21/h8-9,11-12H,3-7,17H2,1-2H3. The fraction of sp³-hybridized carbons (Fsp3) is 0.600. The molecule has 0 atom stereocenters. The van der Waals surface area contributed by atoms with Crippen molar-refractivity contribution >= 4 is 11.4 Å². The highest BCUT2D eigenvalue weighted by atomic mass is 19.1. The molecule has 0 heterocycles. The largest absolute Gasteiger partial charge is 0.363 e. The summed E-state index contributed by atoms with van der Waals surface area (Å²) in [7, 11) is 0. The number of rotatable bonds is 4. The van der Waals surface area contributed by atoms with E-state index in [2.05, 4.69) is 0 Å². The molecule has 0 aliphatic heterocycles. The van der Waals surface area contributed by atoms with Gasteiger partial charge in [-0.15, -0.1) is 0 Å². The van der Waals surface area contributed by atoms with Crippen molar-refractivity contribution in [2.75, 3.05) is 11.4 Å². The van der Waals surface area contributed by atoms with Crippen LogP contribution in [0.25, 0.3) is 0 Å². The maximum atomic E-state index is 13.6. The maximum absolute atomic E-state index is 13.6. The first-order valence-electron chi connectivity index (χ1n) is 7.40. The van der Waals surface area contributed by atoms with E-state index in [4.69, 9.17) is 5.73 Å². The number of anilines is 1. The molecule has 1 aliphatic rings. The summed E-state index contributed by atoms with van der Waals surface area (Å²) in [4.78, 5) is 12.8. The van der Waals surface area contributed by atoms with Crippen molar-refractivity contribution in [3.8, 4) is 0 Å². The summed E-state index contributed by atoms with van der Waals surface area (Å²) in [6.07, 6.45) is 3.69. The van der Waals surface area contributed by atoms with Crippen LogP contribution in [0, 0.1) is 22.9 Å². The van der Waals surface area contributed by atoms with Crippen LogP contribution in [0.1, 0.15) is 38.2 Å². The van der Waals surface area contributed by atoms with Gasteiger partial charge in [-0.05, 0) is 51.2 Å². The third kappa shape index (κ3) is 3.32.